The Kier molecular flexibility index (Phi) is 9.93. The van der Waals surface area contributed by atoms with Gasteiger partial charge in [0.15, 0.2) is 5.96 Å². The second-order valence-electron chi connectivity index (χ2n) is 5.46. The number of carbonyl (C=O) groups excluding carboxylic acids is 1. The van der Waals surface area contributed by atoms with Gasteiger partial charge in [0.2, 0.25) is 0 Å². The predicted molar refractivity (Wildman–Crippen MR) is 101 cm³/mol. The first kappa shape index (κ1) is 22.1. The van der Waals surface area contributed by atoms with Gasteiger partial charge in [-0.25, -0.2) is 0 Å². The molecule has 5 nitrogen and oxygen atoms in total. The van der Waals surface area contributed by atoms with Crippen LogP contribution in [-0.4, -0.2) is 50.6 Å². The van der Waals surface area contributed by atoms with Gasteiger partial charge in [-0.15, -0.1) is 0 Å². The number of hydrogen-bond donors (Lipinski definition) is 3. The fourth-order valence-corrected chi connectivity index (χ4v) is 2.56. The fraction of sp³-hybridized carbons (Fsp3) is 0.529. The molecule has 0 heterocycles. The Bertz CT molecular complexity index is 576. The summed E-state index contributed by atoms with van der Waals surface area (Å²) < 4.78 is 37.5. The van der Waals surface area contributed by atoms with Gasteiger partial charge < -0.3 is 16.0 Å². The van der Waals surface area contributed by atoms with Crippen molar-refractivity contribution < 1.29 is 18.0 Å². The van der Waals surface area contributed by atoms with Gasteiger partial charge in [-0.2, -0.15) is 24.9 Å². The molecule has 0 bridgehead atoms. The average Bonchev–Trinajstić information content (AvgIpc) is 2.62. The molecule has 0 aliphatic carbocycles. The van der Waals surface area contributed by atoms with Gasteiger partial charge in [-0.05, 0) is 49.1 Å². The van der Waals surface area contributed by atoms with E-state index >= 15 is 0 Å². The van der Waals surface area contributed by atoms with Crippen LogP contribution in [0.25, 0.3) is 0 Å². The number of rotatable bonds is 9. The summed E-state index contributed by atoms with van der Waals surface area (Å²) in [5.74, 6) is 1.36. The minimum Gasteiger partial charge on any atom is -0.356 e. The molecule has 0 aliphatic heterocycles. The summed E-state index contributed by atoms with van der Waals surface area (Å²) in [5, 5.41) is 8.90. The summed E-state index contributed by atoms with van der Waals surface area (Å²) in [6.07, 6.45) is -0.148. The Morgan fingerprint density at radius 2 is 1.65 bits per heavy atom. The molecular weight excluding hydrogens is 365 g/mol. The van der Waals surface area contributed by atoms with Crippen molar-refractivity contribution in [2.75, 3.05) is 38.7 Å². The Balaban J connectivity index is 2.28. The van der Waals surface area contributed by atoms with Crippen LogP contribution in [0.5, 0.6) is 0 Å². The van der Waals surface area contributed by atoms with Crippen molar-refractivity contribution in [3.63, 3.8) is 0 Å². The molecule has 0 unspecified atom stereocenters. The third-order valence-corrected chi connectivity index (χ3v) is 4.17. The van der Waals surface area contributed by atoms with Gasteiger partial charge in [0.05, 0.1) is 5.56 Å². The fourth-order valence-electron chi connectivity index (χ4n) is 2.07. The molecule has 0 saturated heterocycles. The van der Waals surface area contributed by atoms with Crippen LogP contribution in [0.1, 0.15) is 28.8 Å². The molecule has 1 rings (SSSR count). The smallest absolute Gasteiger partial charge is 0.356 e. The average molecular weight is 390 g/mol. The van der Waals surface area contributed by atoms with E-state index in [-0.39, 0.29) is 5.56 Å². The van der Waals surface area contributed by atoms with E-state index in [1.807, 2.05) is 11.8 Å². The van der Waals surface area contributed by atoms with E-state index in [4.69, 9.17) is 0 Å². The molecule has 0 atom stereocenters. The summed E-state index contributed by atoms with van der Waals surface area (Å²) in [6.45, 7) is 1.60. The molecule has 0 spiro atoms. The van der Waals surface area contributed by atoms with E-state index in [0.717, 1.165) is 37.3 Å². The Morgan fingerprint density at radius 3 is 2.23 bits per heavy atom. The first-order valence-electron chi connectivity index (χ1n) is 8.27. The van der Waals surface area contributed by atoms with Crippen LogP contribution in [-0.2, 0) is 6.18 Å². The second-order valence-corrected chi connectivity index (χ2v) is 6.44. The lowest BCUT2D eigenvalue weighted by molar-refractivity contribution is -0.137. The molecule has 0 radical (unpaired) electrons. The number of carbonyl (C=O) groups is 1. The number of alkyl halides is 3. The van der Waals surface area contributed by atoms with E-state index in [1.165, 1.54) is 12.1 Å². The van der Waals surface area contributed by atoms with E-state index in [9.17, 15) is 18.0 Å². The lowest BCUT2D eigenvalue weighted by Crippen LogP contribution is -2.41. The number of halogens is 3. The van der Waals surface area contributed by atoms with Crippen LogP contribution in [0, 0.1) is 0 Å². The minimum atomic E-state index is -4.41. The highest BCUT2D eigenvalue weighted by Crippen LogP contribution is 2.28. The standard InChI is InChI=1S/C17H25F3N4OS/c1-21-16(23-9-3-4-12-26-2)24-11-10-22-15(25)13-5-7-14(8-6-13)17(18,19)20/h5-8H,3-4,9-12H2,1-2H3,(H,22,25)(H2,21,23,24). The molecule has 146 valence electrons. The molecule has 0 saturated carbocycles. The van der Waals surface area contributed by atoms with Crippen LogP contribution in [0.2, 0.25) is 0 Å². The van der Waals surface area contributed by atoms with Crippen LogP contribution in [0.4, 0.5) is 13.2 Å². The summed E-state index contributed by atoms with van der Waals surface area (Å²) in [6, 6.07) is 4.13. The molecule has 0 aliphatic rings. The number of nitrogens with zero attached hydrogens (tertiary/aromatic N) is 1. The third kappa shape index (κ3) is 8.46. The zero-order valence-corrected chi connectivity index (χ0v) is 15.8. The number of hydrogen-bond acceptors (Lipinski definition) is 3. The second kappa shape index (κ2) is 11.7. The van der Waals surface area contributed by atoms with Crippen molar-refractivity contribution in [2.24, 2.45) is 4.99 Å². The zero-order valence-electron chi connectivity index (χ0n) is 14.9. The van der Waals surface area contributed by atoms with Crippen LogP contribution >= 0.6 is 11.8 Å². The number of aliphatic imine (C=N–C) groups is 1. The molecule has 1 amide bonds. The molecule has 0 fully saturated rings. The number of amides is 1. The zero-order chi connectivity index (χ0) is 19.4. The first-order valence-corrected chi connectivity index (χ1v) is 9.66. The highest BCUT2D eigenvalue weighted by atomic mass is 32.2. The molecule has 3 N–H and O–H groups in total. The number of unbranched alkanes of at least 4 members (excludes halogenated alkanes) is 1. The predicted octanol–water partition coefficient (Wildman–Crippen LogP) is 2.74. The number of nitrogens with one attached hydrogen (secondary N) is 3. The highest BCUT2D eigenvalue weighted by molar-refractivity contribution is 7.98. The topological polar surface area (TPSA) is 65.5 Å². The SMILES string of the molecule is CN=C(NCCCCSC)NCCNC(=O)c1ccc(C(F)(F)F)cc1. The maximum absolute atomic E-state index is 12.5. The van der Waals surface area contributed by atoms with Crippen molar-refractivity contribution in [3.8, 4) is 0 Å². The van der Waals surface area contributed by atoms with Crippen molar-refractivity contribution in [3.05, 3.63) is 35.4 Å². The molecule has 26 heavy (non-hydrogen) atoms. The monoisotopic (exact) mass is 390 g/mol. The van der Waals surface area contributed by atoms with E-state index in [1.54, 1.807) is 7.05 Å². The number of benzene rings is 1. The molecule has 0 aromatic heterocycles. The van der Waals surface area contributed by atoms with Crippen molar-refractivity contribution >= 4 is 23.6 Å². The lowest BCUT2D eigenvalue weighted by atomic mass is 10.1. The van der Waals surface area contributed by atoms with E-state index < -0.39 is 17.6 Å². The maximum Gasteiger partial charge on any atom is 0.416 e. The van der Waals surface area contributed by atoms with Gasteiger partial charge in [0, 0.05) is 32.2 Å². The van der Waals surface area contributed by atoms with Crippen LogP contribution in [0.15, 0.2) is 29.3 Å². The largest absolute Gasteiger partial charge is 0.416 e. The van der Waals surface area contributed by atoms with Crippen LogP contribution in [0.3, 0.4) is 0 Å². The quantitative estimate of drug-likeness (QED) is 0.345. The molecule has 1 aromatic rings. The van der Waals surface area contributed by atoms with Gasteiger partial charge in [-0.3, -0.25) is 9.79 Å². The van der Waals surface area contributed by atoms with E-state index in [0.29, 0.717) is 19.0 Å². The summed E-state index contributed by atoms with van der Waals surface area (Å²) in [4.78, 5) is 16.0. The maximum atomic E-state index is 12.5. The van der Waals surface area contributed by atoms with Crippen molar-refractivity contribution in [2.45, 2.75) is 19.0 Å². The van der Waals surface area contributed by atoms with Gasteiger partial charge >= 0.3 is 6.18 Å². The summed E-state index contributed by atoms with van der Waals surface area (Å²) in [7, 11) is 1.66. The van der Waals surface area contributed by atoms with Crippen molar-refractivity contribution in [1.29, 1.82) is 0 Å². The summed E-state index contributed by atoms with van der Waals surface area (Å²) >= 11 is 1.82. The lowest BCUT2D eigenvalue weighted by Gasteiger charge is -2.12. The van der Waals surface area contributed by atoms with Gasteiger partial charge in [0.1, 0.15) is 0 Å². The number of guanidine groups is 1. The number of thioether (sulfide) groups is 1. The Hall–Kier alpha value is -1.90. The van der Waals surface area contributed by atoms with Gasteiger partial charge in [0.25, 0.3) is 5.91 Å². The Morgan fingerprint density at radius 1 is 1.04 bits per heavy atom. The molecular formula is C17H25F3N4OS. The van der Waals surface area contributed by atoms with E-state index in [2.05, 4.69) is 27.2 Å². The molecule has 9 heteroatoms. The third-order valence-electron chi connectivity index (χ3n) is 3.47. The van der Waals surface area contributed by atoms with Crippen LogP contribution < -0.4 is 16.0 Å². The normalized spacial score (nSPS) is 12.0. The first-order chi connectivity index (χ1) is 12.4. The Labute approximate surface area is 156 Å². The minimum absolute atomic E-state index is 0.189. The van der Waals surface area contributed by atoms with Gasteiger partial charge in [-0.1, -0.05) is 0 Å². The highest BCUT2D eigenvalue weighted by Gasteiger charge is 2.30. The summed E-state index contributed by atoms with van der Waals surface area (Å²) in [5.41, 5.74) is -0.586. The molecule has 1 aromatic carbocycles. The van der Waals surface area contributed by atoms with Crippen molar-refractivity contribution in [1.82, 2.24) is 16.0 Å².